The Bertz CT molecular complexity index is 1130. The predicted octanol–water partition coefficient (Wildman–Crippen LogP) is 4.41. The monoisotopic (exact) mass is 499 g/mol. The Labute approximate surface area is 191 Å². The van der Waals surface area contributed by atoms with Crippen LogP contribution < -0.4 is 15.5 Å². The van der Waals surface area contributed by atoms with Gasteiger partial charge in [0.1, 0.15) is 5.75 Å². The standard InChI is InChI=1S/C22H15BrClN3O4/c23-16-9-7-15(8-10-16)22(30)31-17-11-5-14(6-12-17)13-25-27-21(29)20(28)26-19-4-2-1-3-18(19)24/h1-13H,(H,26,28)(H,27,29)/b25-13-. The van der Waals surface area contributed by atoms with Crippen molar-refractivity contribution >= 4 is 57.2 Å². The van der Waals surface area contributed by atoms with Gasteiger partial charge in [-0.25, -0.2) is 10.2 Å². The van der Waals surface area contributed by atoms with E-state index in [2.05, 4.69) is 31.8 Å². The number of amides is 2. The lowest BCUT2D eigenvalue weighted by Gasteiger charge is -2.05. The lowest BCUT2D eigenvalue weighted by atomic mass is 10.2. The van der Waals surface area contributed by atoms with Gasteiger partial charge < -0.3 is 10.1 Å². The van der Waals surface area contributed by atoms with Crippen molar-refractivity contribution < 1.29 is 19.1 Å². The van der Waals surface area contributed by atoms with Crippen molar-refractivity contribution in [1.82, 2.24) is 5.43 Å². The van der Waals surface area contributed by atoms with E-state index in [0.29, 0.717) is 27.6 Å². The smallest absolute Gasteiger partial charge is 0.343 e. The summed E-state index contributed by atoms with van der Waals surface area (Å²) in [5.41, 5.74) is 3.49. The zero-order valence-corrected chi connectivity index (χ0v) is 18.2. The van der Waals surface area contributed by atoms with Crippen LogP contribution in [-0.4, -0.2) is 24.0 Å². The molecule has 0 atom stereocenters. The third-order valence-electron chi connectivity index (χ3n) is 3.88. The number of carbonyl (C=O) groups excluding carboxylic acids is 3. The number of nitrogens with one attached hydrogen (secondary N) is 2. The molecule has 3 aromatic carbocycles. The van der Waals surface area contributed by atoms with E-state index >= 15 is 0 Å². The maximum atomic E-state index is 12.1. The first-order valence-electron chi connectivity index (χ1n) is 8.89. The fourth-order valence-electron chi connectivity index (χ4n) is 2.33. The SMILES string of the molecule is O=C(N/N=C\c1ccc(OC(=O)c2ccc(Br)cc2)cc1)C(=O)Nc1ccccc1Cl. The van der Waals surface area contributed by atoms with Gasteiger partial charge in [0.25, 0.3) is 0 Å². The number of anilines is 1. The van der Waals surface area contributed by atoms with E-state index in [1.807, 2.05) is 0 Å². The molecule has 0 unspecified atom stereocenters. The van der Waals surface area contributed by atoms with Crippen LogP contribution in [0.2, 0.25) is 5.02 Å². The molecule has 0 aromatic heterocycles. The Morgan fingerprint density at radius 2 is 1.58 bits per heavy atom. The molecule has 3 aromatic rings. The first kappa shape index (κ1) is 22.2. The summed E-state index contributed by atoms with van der Waals surface area (Å²) in [5.74, 6) is -1.98. The van der Waals surface area contributed by atoms with Crippen molar-refractivity contribution in [3.8, 4) is 5.75 Å². The molecule has 156 valence electrons. The van der Waals surface area contributed by atoms with Crippen molar-refractivity contribution in [2.75, 3.05) is 5.32 Å². The van der Waals surface area contributed by atoms with Gasteiger partial charge in [0.05, 0.1) is 22.5 Å². The number of nitrogens with zero attached hydrogens (tertiary/aromatic N) is 1. The second-order valence-corrected chi connectivity index (χ2v) is 7.42. The Kier molecular flexibility index (Phi) is 7.53. The molecule has 2 N–H and O–H groups in total. The van der Waals surface area contributed by atoms with Crippen LogP contribution in [0.25, 0.3) is 0 Å². The van der Waals surface area contributed by atoms with Gasteiger partial charge >= 0.3 is 17.8 Å². The zero-order valence-electron chi connectivity index (χ0n) is 15.8. The van der Waals surface area contributed by atoms with Crippen LogP contribution in [-0.2, 0) is 9.59 Å². The average Bonchev–Trinajstić information content (AvgIpc) is 2.77. The van der Waals surface area contributed by atoms with Crippen molar-refractivity contribution in [2.45, 2.75) is 0 Å². The number of esters is 1. The van der Waals surface area contributed by atoms with Gasteiger partial charge in [0.15, 0.2) is 0 Å². The molecule has 0 fully saturated rings. The van der Waals surface area contributed by atoms with Gasteiger partial charge in [-0.15, -0.1) is 0 Å². The highest BCUT2D eigenvalue weighted by Gasteiger charge is 2.14. The summed E-state index contributed by atoms with van der Waals surface area (Å²) >= 11 is 9.24. The second kappa shape index (κ2) is 10.5. The Morgan fingerprint density at radius 1 is 0.903 bits per heavy atom. The molecule has 2 amide bonds. The lowest BCUT2D eigenvalue weighted by molar-refractivity contribution is -0.136. The van der Waals surface area contributed by atoms with Crippen molar-refractivity contribution in [2.24, 2.45) is 5.10 Å². The van der Waals surface area contributed by atoms with Crippen molar-refractivity contribution in [3.05, 3.63) is 93.4 Å². The maximum absolute atomic E-state index is 12.1. The summed E-state index contributed by atoms with van der Waals surface area (Å²) in [7, 11) is 0. The van der Waals surface area contributed by atoms with Gasteiger partial charge in [-0.1, -0.05) is 39.7 Å². The number of rotatable bonds is 5. The highest BCUT2D eigenvalue weighted by molar-refractivity contribution is 9.10. The molecular formula is C22H15BrClN3O4. The first-order chi connectivity index (χ1) is 14.9. The Morgan fingerprint density at radius 3 is 2.26 bits per heavy atom. The van der Waals surface area contributed by atoms with Crippen molar-refractivity contribution in [3.63, 3.8) is 0 Å². The molecule has 3 rings (SSSR count). The Balaban J connectivity index is 1.51. The molecule has 0 bridgehead atoms. The molecule has 9 heteroatoms. The fraction of sp³-hybridized carbons (Fsp3) is 0. The second-order valence-electron chi connectivity index (χ2n) is 6.10. The van der Waals surface area contributed by atoms with Gasteiger partial charge in [-0.2, -0.15) is 5.10 Å². The molecule has 0 aliphatic carbocycles. The van der Waals surface area contributed by atoms with E-state index in [1.54, 1.807) is 72.8 Å². The minimum atomic E-state index is -0.948. The van der Waals surface area contributed by atoms with E-state index < -0.39 is 17.8 Å². The number of hydrogen-bond acceptors (Lipinski definition) is 5. The number of carbonyl (C=O) groups is 3. The maximum Gasteiger partial charge on any atom is 0.343 e. The molecule has 0 saturated heterocycles. The third-order valence-corrected chi connectivity index (χ3v) is 4.74. The molecule has 0 aliphatic heterocycles. The third kappa shape index (κ3) is 6.50. The summed E-state index contributed by atoms with van der Waals surface area (Å²) in [5, 5.41) is 6.45. The van der Waals surface area contributed by atoms with E-state index in [4.69, 9.17) is 16.3 Å². The molecule has 0 saturated carbocycles. The molecule has 0 radical (unpaired) electrons. The van der Waals surface area contributed by atoms with Crippen molar-refractivity contribution in [1.29, 1.82) is 0 Å². The topological polar surface area (TPSA) is 96.9 Å². The molecule has 31 heavy (non-hydrogen) atoms. The molecule has 0 aliphatic rings. The summed E-state index contributed by atoms with van der Waals surface area (Å²) in [6.07, 6.45) is 1.35. The minimum absolute atomic E-state index is 0.313. The summed E-state index contributed by atoms with van der Waals surface area (Å²) in [6, 6.07) is 19.8. The summed E-state index contributed by atoms with van der Waals surface area (Å²) in [6.45, 7) is 0. The van der Waals surface area contributed by atoms with Gasteiger partial charge in [0, 0.05) is 4.47 Å². The van der Waals surface area contributed by atoms with Gasteiger partial charge in [-0.05, 0) is 66.2 Å². The van der Waals surface area contributed by atoms with Gasteiger partial charge in [-0.3, -0.25) is 9.59 Å². The Hall–Kier alpha value is -3.49. The van der Waals surface area contributed by atoms with Crippen LogP contribution in [0.3, 0.4) is 0 Å². The summed E-state index contributed by atoms with van der Waals surface area (Å²) < 4.78 is 6.17. The molecule has 0 heterocycles. The quantitative estimate of drug-likeness (QED) is 0.178. The molecular weight excluding hydrogens is 486 g/mol. The van der Waals surface area contributed by atoms with E-state index in [-0.39, 0.29) is 0 Å². The zero-order chi connectivity index (χ0) is 22.2. The van der Waals surface area contributed by atoms with E-state index in [1.165, 1.54) is 6.21 Å². The van der Waals surface area contributed by atoms with Crippen LogP contribution in [0, 0.1) is 0 Å². The summed E-state index contributed by atoms with van der Waals surface area (Å²) in [4.78, 5) is 35.8. The number of hydrazone groups is 1. The highest BCUT2D eigenvalue weighted by atomic mass is 79.9. The number of ether oxygens (including phenoxy) is 1. The lowest BCUT2D eigenvalue weighted by Crippen LogP contribution is -2.32. The van der Waals surface area contributed by atoms with Gasteiger partial charge in [0.2, 0.25) is 0 Å². The number of benzene rings is 3. The van der Waals surface area contributed by atoms with Crippen LogP contribution in [0.1, 0.15) is 15.9 Å². The normalized spacial score (nSPS) is 10.5. The minimum Gasteiger partial charge on any atom is -0.423 e. The molecule has 0 spiro atoms. The number of hydrogen-bond donors (Lipinski definition) is 2. The number of para-hydroxylation sites is 1. The fourth-order valence-corrected chi connectivity index (χ4v) is 2.78. The predicted molar refractivity (Wildman–Crippen MR) is 121 cm³/mol. The largest absolute Gasteiger partial charge is 0.423 e. The number of halogens is 2. The van der Waals surface area contributed by atoms with E-state index in [0.717, 1.165) is 4.47 Å². The average molecular weight is 501 g/mol. The van der Waals surface area contributed by atoms with Crippen LogP contribution in [0.4, 0.5) is 5.69 Å². The highest BCUT2D eigenvalue weighted by Crippen LogP contribution is 2.20. The first-order valence-corrected chi connectivity index (χ1v) is 10.1. The van der Waals surface area contributed by atoms with E-state index in [9.17, 15) is 14.4 Å². The van der Waals surface area contributed by atoms with Crippen LogP contribution >= 0.6 is 27.5 Å². The van der Waals surface area contributed by atoms with Crippen LogP contribution in [0.5, 0.6) is 5.75 Å². The van der Waals surface area contributed by atoms with Crippen LogP contribution in [0.15, 0.2) is 82.4 Å². The molecule has 7 nitrogen and oxygen atoms in total.